The van der Waals surface area contributed by atoms with E-state index in [0.717, 1.165) is 48.2 Å². The van der Waals surface area contributed by atoms with Gasteiger partial charge in [-0.05, 0) is 87.2 Å². The van der Waals surface area contributed by atoms with E-state index in [0.29, 0.717) is 53.7 Å². The summed E-state index contributed by atoms with van der Waals surface area (Å²) < 4.78 is 38.7. The van der Waals surface area contributed by atoms with E-state index < -0.39 is 17.6 Å². The quantitative estimate of drug-likeness (QED) is 0.213. The van der Waals surface area contributed by atoms with E-state index in [-0.39, 0.29) is 18.0 Å². The maximum atomic E-state index is 15.5. The van der Waals surface area contributed by atoms with Gasteiger partial charge in [-0.3, -0.25) is 14.6 Å². The predicted octanol–water partition coefficient (Wildman–Crippen LogP) is 5.01. The average Bonchev–Trinajstić information content (AvgIpc) is 3.06. The summed E-state index contributed by atoms with van der Waals surface area (Å²) >= 11 is 0. The lowest BCUT2D eigenvalue weighted by Crippen LogP contribution is -2.41. The molecule has 45 heavy (non-hydrogen) atoms. The zero-order valence-corrected chi connectivity index (χ0v) is 25.4. The van der Waals surface area contributed by atoms with Crippen molar-refractivity contribution in [3.63, 3.8) is 0 Å². The molecule has 0 radical (unpaired) electrons. The minimum atomic E-state index is -1.14. The molecule has 3 aromatic carbocycles. The number of aromatic nitrogens is 1. The maximum Gasteiger partial charge on any atom is 0.316 e. The van der Waals surface area contributed by atoms with E-state index in [2.05, 4.69) is 10.3 Å². The number of carbonyl (C=O) groups is 2. The number of methoxy groups -OCH3 is 1. The second kappa shape index (κ2) is 14.7. The summed E-state index contributed by atoms with van der Waals surface area (Å²) in [5, 5.41) is 3.96. The third-order valence-corrected chi connectivity index (χ3v) is 7.68. The van der Waals surface area contributed by atoms with E-state index in [1.807, 2.05) is 31.2 Å². The van der Waals surface area contributed by atoms with Crippen LogP contribution >= 0.6 is 0 Å². The minimum Gasteiger partial charge on any atom is -0.494 e. The Kier molecular flexibility index (Phi) is 10.3. The van der Waals surface area contributed by atoms with Crippen molar-refractivity contribution in [1.29, 1.82) is 0 Å². The fraction of sp³-hybridized carbons (Fsp3) is 0.324. The molecule has 0 saturated carbocycles. The molecule has 3 N–H and O–H groups in total. The number of halogens is 1. The van der Waals surface area contributed by atoms with Crippen LogP contribution in [0.25, 0.3) is 10.9 Å². The zero-order valence-electron chi connectivity index (χ0n) is 25.4. The number of nitrogens with one attached hydrogen (secondary N) is 1. The number of benzene rings is 3. The monoisotopic (exact) mass is 616 g/mol. The van der Waals surface area contributed by atoms with Gasteiger partial charge in [-0.1, -0.05) is 12.1 Å². The third-order valence-electron chi connectivity index (χ3n) is 7.68. The van der Waals surface area contributed by atoms with E-state index in [1.54, 1.807) is 31.5 Å². The molecule has 0 aliphatic carbocycles. The van der Waals surface area contributed by atoms with Gasteiger partial charge in [0.2, 0.25) is 0 Å². The molecule has 4 aromatic rings. The van der Waals surface area contributed by atoms with Crippen molar-refractivity contribution in [2.45, 2.75) is 26.2 Å². The number of pyridine rings is 1. The summed E-state index contributed by atoms with van der Waals surface area (Å²) in [6.45, 7) is 5.08. The highest BCUT2D eigenvalue weighted by Crippen LogP contribution is 2.38. The van der Waals surface area contributed by atoms with Gasteiger partial charge in [0.15, 0.2) is 23.1 Å². The second-order valence-corrected chi connectivity index (χ2v) is 10.7. The summed E-state index contributed by atoms with van der Waals surface area (Å²) in [5.74, 6) is -0.253. The number of carbonyl (C=O) groups excluding carboxylic acids is 2. The van der Waals surface area contributed by atoms with Crippen LogP contribution in [0.3, 0.4) is 0 Å². The van der Waals surface area contributed by atoms with Crippen molar-refractivity contribution in [3.05, 3.63) is 78.2 Å². The van der Waals surface area contributed by atoms with Crippen LogP contribution in [0.5, 0.6) is 28.7 Å². The van der Waals surface area contributed by atoms with Crippen LogP contribution in [0.1, 0.15) is 25.3 Å². The highest BCUT2D eigenvalue weighted by Gasteiger charge is 2.23. The number of nitrogens with two attached hydrogens (primary N) is 1. The molecule has 236 valence electrons. The Bertz CT molecular complexity index is 1640. The lowest BCUT2D eigenvalue weighted by molar-refractivity contribution is -0.135. The highest BCUT2D eigenvalue weighted by molar-refractivity contribution is 6.39. The van der Waals surface area contributed by atoms with Crippen molar-refractivity contribution >= 4 is 28.4 Å². The first-order valence-corrected chi connectivity index (χ1v) is 15.0. The molecule has 10 nitrogen and oxygen atoms in total. The Labute approximate surface area is 261 Å². The number of anilines is 1. The SMILES string of the molecule is CCOc1ccc(CCN(C(=O)C(N)=O)c2ccc(Oc3ccnc4cc(OCC5CCNCC5)c(OC)cc34)c(F)c2)cc1. The summed E-state index contributed by atoms with van der Waals surface area (Å²) in [7, 11) is 1.56. The molecule has 5 rings (SSSR count). The zero-order chi connectivity index (χ0) is 31.8. The Balaban J connectivity index is 1.34. The van der Waals surface area contributed by atoms with Gasteiger partial charge in [-0.25, -0.2) is 4.39 Å². The number of nitrogens with zero attached hydrogens (tertiary/aromatic N) is 2. The smallest absolute Gasteiger partial charge is 0.316 e. The number of amides is 2. The second-order valence-electron chi connectivity index (χ2n) is 10.7. The number of hydrogen-bond donors (Lipinski definition) is 2. The van der Waals surface area contributed by atoms with Crippen LogP contribution < -0.4 is 34.9 Å². The van der Waals surface area contributed by atoms with Gasteiger partial charge in [-0.15, -0.1) is 0 Å². The summed E-state index contributed by atoms with van der Waals surface area (Å²) in [5.41, 5.74) is 6.99. The maximum absolute atomic E-state index is 15.5. The first kappa shape index (κ1) is 31.5. The summed E-state index contributed by atoms with van der Waals surface area (Å²) in [4.78, 5) is 30.1. The van der Waals surface area contributed by atoms with Crippen LogP contribution in [-0.2, 0) is 16.0 Å². The number of piperidine rings is 1. The van der Waals surface area contributed by atoms with Crippen molar-refractivity contribution < 1.29 is 32.9 Å². The van der Waals surface area contributed by atoms with Gasteiger partial charge >= 0.3 is 11.8 Å². The average molecular weight is 617 g/mol. The normalized spacial score (nSPS) is 13.3. The molecule has 0 unspecified atom stereocenters. The van der Waals surface area contributed by atoms with E-state index >= 15 is 4.39 Å². The molecule has 0 atom stereocenters. The Hall–Kier alpha value is -4.90. The van der Waals surface area contributed by atoms with Crippen LogP contribution in [0.4, 0.5) is 10.1 Å². The van der Waals surface area contributed by atoms with Gasteiger partial charge in [0, 0.05) is 35.9 Å². The molecule has 1 aliphatic rings. The van der Waals surface area contributed by atoms with Crippen LogP contribution in [0.15, 0.2) is 66.9 Å². The van der Waals surface area contributed by atoms with Gasteiger partial charge in [0.05, 0.1) is 25.8 Å². The van der Waals surface area contributed by atoms with Gasteiger partial charge in [0.25, 0.3) is 0 Å². The number of hydrogen-bond acceptors (Lipinski definition) is 8. The molecule has 2 amide bonds. The molecule has 1 aromatic heterocycles. The molecular weight excluding hydrogens is 579 g/mol. The molecular formula is C34H37FN4O6. The fourth-order valence-electron chi connectivity index (χ4n) is 5.25. The van der Waals surface area contributed by atoms with E-state index in [1.165, 1.54) is 12.1 Å². The third kappa shape index (κ3) is 7.79. The van der Waals surface area contributed by atoms with Crippen LogP contribution in [0.2, 0.25) is 0 Å². The predicted molar refractivity (Wildman–Crippen MR) is 169 cm³/mol. The molecule has 1 fully saturated rings. The fourth-order valence-corrected chi connectivity index (χ4v) is 5.25. The molecule has 11 heteroatoms. The minimum absolute atomic E-state index is 0.0746. The van der Waals surface area contributed by atoms with Gasteiger partial charge < -0.3 is 34.9 Å². The van der Waals surface area contributed by atoms with Gasteiger partial charge in [0.1, 0.15) is 11.5 Å². The molecule has 0 bridgehead atoms. The largest absolute Gasteiger partial charge is 0.494 e. The van der Waals surface area contributed by atoms with Crippen molar-refractivity contribution in [2.24, 2.45) is 11.7 Å². The first-order chi connectivity index (χ1) is 21.9. The number of fused-ring (bicyclic) bond motifs is 1. The van der Waals surface area contributed by atoms with Crippen molar-refractivity contribution in [2.75, 3.05) is 44.9 Å². The van der Waals surface area contributed by atoms with Crippen molar-refractivity contribution in [3.8, 4) is 28.7 Å². The highest BCUT2D eigenvalue weighted by atomic mass is 19.1. The number of primary amides is 1. The van der Waals surface area contributed by atoms with Crippen LogP contribution in [0, 0.1) is 11.7 Å². The topological polar surface area (TPSA) is 125 Å². The lowest BCUT2D eigenvalue weighted by Gasteiger charge is -2.23. The molecule has 1 saturated heterocycles. The molecule has 0 spiro atoms. The molecule has 1 aliphatic heterocycles. The summed E-state index contributed by atoms with van der Waals surface area (Å²) in [6.07, 6.45) is 4.07. The standard InChI is InChI=1S/C34H37FN4O6/c1-3-43-25-7-4-22(5-8-25)13-17-39(34(41)33(36)40)24-6-9-30(27(35)18-24)45-29-12-16-38-28-20-32(31(42-2)19-26(28)29)44-21-23-10-14-37-15-11-23/h4-9,12,16,18-20,23,37H,3,10-11,13-15,17,21H2,1-2H3,(H2,36,40). The van der Waals surface area contributed by atoms with Gasteiger partial charge in [-0.2, -0.15) is 0 Å². The number of rotatable bonds is 12. The Morgan fingerprint density at radius 2 is 1.76 bits per heavy atom. The summed E-state index contributed by atoms with van der Waals surface area (Å²) in [6, 6.07) is 16.6. The Morgan fingerprint density at radius 3 is 2.44 bits per heavy atom. The first-order valence-electron chi connectivity index (χ1n) is 15.0. The van der Waals surface area contributed by atoms with E-state index in [9.17, 15) is 9.59 Å². The molecule has 2 heterocycles. The van der Waals surface area contributed by atoms with Crippen LogP contribution in [-0.4, -0.2) is 56.8 Å². The lowest BCUT2D eigenvalue weighted by atomic mass is 9.99. The Morgan fingerprint density at radius 1 is 0.978 bits per heavy atom. The number of ether oxygens (including phenoxy) is 4. The van der Waals surface area contributed by atoms with E-state index in [4.69, 9.17) is 24.7 Å². The van der Waals surface area contributed by atoms with Crippen molar-refractivity contribution in [1.82, 2.24) is 10.3 Å².